The van der Waals surface area contributed by atoms with Crippen LogP contribution in [0.5, 0.6) is 0 Å². The lowest BCUT2D eigenvalue weighted by Gasteiger charge is -2.63. The molecule has 0 saturated heterocycles. The molecule has 9 atom stereocenters. The average molecular weight is 393 g/mol. The first-order chi connectivity index (χ1) is 13.0. The number of ketones is 1. The van der Waals surface area contributed by atoms with Gasteiger partial charge in [-0.3, -0.25) is 9.59 Å². The molecule has 0 aliphatic heterocycles. The minimum atomic E-state index is -1.32. The lowest BCUT2D eigenvalue weighted by molar-refractivity contribution is -0.212. The molecule has 4 fully saturated rings. The fourth-order valence-corrected chi connectivity index (χ4v) is 8.23. The number of ether oxygens (including phenoxy) is 1. The summed E-state index contributed by atoms with van der Waals surface area (Å²) in [6, 6.07) is 0. The molecule has 158 valence electrons. The number of carbonyl (C=O) groups excluding carboxylic acids is 2. The van der Waals surface area contributed by atoms with Crippen molar-refractivity contribution in [2.45, 2.75) is 96.9 Å². The highest BCUT2D eigenvalue weighted by molar-refractivity contribution is 5.86. The summed E-state index contributed by atoms with van der Waals surface area (Å²) in [5.41, 5.74) is -1.82. The molecule has 28 heavy (non-hydrogen) atoms. The van der Waals surface area contributed by atoms with Crippen LogP contribution in [-0.2, 0) is 14.3 Å². The van der Waals surface area contributed by atoms with Crippen LogP contribution in [0.2, 0.25) is 0 Å². The number of rotatable bonds is 2. The van der Waals surface area contributed by atoms with E-state index in [9.17, 15) is 19.8 Å². The second kappa shape index (κ2) is 6.53. The molecule has 5 nitrogen and oxygen atoms in total. The summed E-state index contributed by atoms with van der Waals surface area (Å²) in [5.74, 6) is 0.897. The fraction of sp³-hybridized carbons (Fsp3) is 0.913. The van der Waals surface area contributed by atoms with Crippen molar-refractivity contribution in [1.29, 1.82) is 0 Å². The molecule has 0 radical (unpaired) electrons. The van der Waals surface area contributed by atoms with Crippen LogP contribution in [-0.4, -0.2) is 39.8 Å². The Hall–Kier alpha value is -0.940. The molecular formula is C23H36O5. The van der Waals surface area contributed by atoms with Gasteiger partial charge in [0.25, 0.3) is 0 Å². The highest BCUT2D eigenvalue weighted by atomic mass is 16.5. The van der Waals surface area contributed by atoms with E-state index >= 15 is 0 Å². The van der Waals surface area contributed by atoms with Gasteiger partial charge in [-0.1, -0.05) is 13.8 Å². The quantitative estimate of drug-likeness (QED) is 0.705. The van der Waals surface area contributed by atoms with Gasteiger partial charge < -0.3 is 14.9 Å². The summed E-state index contributed by atoms with van der Waals surface area (Å²) in [5, 5.41) is 21.6. The van der Waals surface area contributed by atoms with Crippen LogP contribution in [0.4, 0.5) is 0 Å². The van der Waals surface area contributed by atoms with Gasteiger partial charge in [-0.15, -0.1) is 0 Å². The van der Waals surface area contributed by atoms with Crippen molar-refractivity contribution in [3.05, 3.63) is 0 Å². The summed E-state index contributed by atoms with van der Waals surface area (Å²) in [6.45, 7) is 7.35. The van der Waals surface area contributed by atoms with E-state index in [1.165, 1.54) is 13.8 Å². The fourth-order valence-electron chi connectivity index (χ4n) is 8.23. The minimum absolute atomic E-state index is 0.0422. The SMILES string of the molecule is CC(=O)OC1CC2(C)C(CCC2(O)C(C)=O)C2CCC3CC(O)CCC3(C)C12. The van der Waals surface area contributed by atoms with E-state index in [0.29, 0.717) is 24.7 Å². The molecule has 2 N–H and O–H groups in total. The third-order valence-electron chi connectivity index (χ3n) is 9.60. The Morgan fingerprint density at radius 3 is 2.39 bits per heavy atom. The van der Waals surface area contributed by atoms with E-state index in [4.69, 9.17) is 4.74 Å². The molecule has 4 aliphatic carbocycles. The molecule has 0 aromatic carbocycles. The largest absolute Gasteiger partial charge is 0.462 e. The maximum Gasteiger partial charge on any atom is 0.302 e. The maximum atomic E-state index is 12.5. The summed E-state index contributed by atoms with van der Waals surface area (Å²) in [7, 11) is 0. The Labute approximate surface area is 168 Å². The number of aliphatic hydroxyl groups is 2. The molecule has 0 bridgehead atoms. The first kappa shape index (κ1) is 20.3. The lowest BCUT2D eigenvalue weighted by Crippen LogP contribution is -2.63. The van der Waals surface area contributed by atoms with Gasteiger partial charge in [0.1, 0.15) is 11.7 Å². The lowest BCUT2D eigenvalue weighted by atomic mass is 9.43. The van der Waals surface area contributed by atoms with Crippen LogP contribution in [0.3, 0.4) is 0 Å². The third kappa shape index (κ3) is 2.64. The number of hydrogen-bond acceptors (Lipinski definition) is 5. The van der Waals surface area contributed by atoms with Gasteiger partial charge in [-0.2, -0.15) is 0 Å². The zero-order valence-electron chi connectivity index (χ0n) is 17.7. The van der Waals surface area contributed by atoms with Crippen molar-refractivity contribution in [2.75, 3.05) is 0 Å². The number of carbonyl (C=O) groups is 2. The molecule has 9 unspecified atom stereocenters. The van der Waals surface area contributed by atoms with Crippen LogP contribution in [0.15, 0.2) is 0 Å². The number of hydrogen-bond donors (Lipinski definition) is 2. The molecule has 0 heterocycles. The number of aliphatic hydroxyl groups excluding tert-OH is 1. The van der Waals surface area contributed by atoms with Crippen molar-refractivity contribution in [1.82, 2.24) is 0 Å². The van der Waals surface area contributed by atoms with E-state index in [1.807, 2.05) is 0 Å². The molecule has 0 aromatic heterocycles. The Balaban J connectivity index is 1.76. The monoisotopic (exact) mass is 392 g/mol. The summed E-state index contributed by atoms with van der Waals surface area (Å²) in [4.78, 5) is 24.5. The Kier molecular flexibility index (Phi) is 4.74. The van der Waals surface area contributed by atoms with Gasteiger partial charge in [0.05, 0.1) is 6.10 Å². The molecule has 0 amide bonds. The smallest absolute Gasteiger partial charge is 0.302 e. The Morgan fingerprint density at radius 1 is 1.04 bits per heavy atom. The van der Waals surface area contributed by atoms with Gasteiger partial charge in [0.15, 0.2) is 5.78 Å². The Morgan fingerprint density at radius 2 is 1.75 bits per heavy atom. The maximum absolute atomic E-state index is 12.5. The van der Waals surface area contributed by atoms with Crippen molar-refractivity contribution >= 4 is 11.8 Å². The van der Waals surface area contributed by atoms with Crippen molar-refractivity contribution in [3.8, 4) is 0 Å². The van der Waals surface area contributed by atoms with Gasteiger partial charge in [-0.05, 0) is 81.5 Å². The molecule has 4 aliphatic rings. The zero-order valence-corrected chi connectivity index (χ0v) is 17.7. The van der Waals surface area contributed by atoms with E-state index in [-0.39, 0.29) is 41.2 Å². The van der Waals surface area contributed by atoms with Crippen LogP contribution in [0.1, 0.15) is 79.1 Å². The van der Waals surface area contributed by atoms with E-state index in [2.05, 4.69) is 13.8 Å². The summed E-state index contributed by atoms with van der Waals surface area (Å²) < 4.78 is 5.92. The highest BCUT2D eigenvalue weighted by Gasteiger charge is 2.69. The third-order valence-corrected chi connectivity index (χ3v) is 9.60. The predicted molar refractivity (Wildman–Crippen MR) is 104 cm³/mol. The van der Waals surface area contributed by atoms with Crippen molar-refractivity contribution < 1.29 is 24.5 Å². The van der Waals surface area contributed by atoms with Gasteiger partial charge >= 0.3 is 5.97 Å². The molecule has 0 spiro atoms. The molecule has 0 aromatic rings. The van der Waals surface area contributed by atoms with Crippen LogP contribution >= 0.6 is 0 Å². The summed E-state index contributed by atoms with van der Waals surface area (Å²) in [6.07, 6.45) is 6.16. The van der Waals surface area contributed by atoms with Crippen LogP contribution in [0, 0.1) is 34.5 Å². The van der Waals surface area contributed by atoms with E-state index in [1.54, 1.807) is 0 Å². The van der Waals surface area contributed by atoms with E-state index < -0.39 is 11.0 Å². The molecule has 4 rings (SSSR count). The van der Waals surface area contributed by atoms with Crippen LogP contribution in [0.25, 0.3) is 0 Å². The van der Waals surface area contributed by atoms with Crippen molar-refractivity contribution in [3.63, 3.8) is 0 Å². The van der Waals surface area contributed by atoms with Crippen LogP contribution < -0.4 is 0 Å². The molecule has 5 heteroatoms. The number of fused-ring (bicyclic) bond motifs is 5. The van der Waals surface area contributed by atoms with Crippen molar-refractivity contribution in [2.24, 2.45) is 34.5 Å². The van der Waals surface area contributed by atoms with E-state index in [0.717, 1.165) is 38.5 Å². The molecular weight excluding hydrogens is 356 g/mol. The minimum Gasteiger partial charge on any atom is -0.462 e. The normalized spacial score (nSPS) is 52.9. The van der Waals surface area contributed by atoms with Gasteiger partial charge in [-0.25, -0.2) is 0 Å². The predicted octanol–water partition coefficient (Wildman–Crippen LogP) is 3.25. The van der Waals surface area contributed by atoms with Gasteiger partial charge in [0, 0.05) is 18.3 Å². The van der Waals surface area contributed by atoms with Gasteiger partial charge in [0.2, 0.25) is 0 Å². The topological polar surface area (TPSA) is 83.8 Å². The Bertz CT molecular complexity index is 676. The second-order valence-corrected chi connectivity index (χ2v) is 10.7. The number of esters is 1. The average Bonchev–Trinajstić information content (AvgIpc) is 2.87. The summed E-state index contributed by atoms with van der Waals surface area (Å²) >= 11 is 0. The first-order valence-corrected chi connectivity index (χ1v) is 11.1. The standard InChI is InChI=1S/C23H36O5/c1-13(24)23(27)10-8-18-17-6-5-15-11-16(26)7-9-21(15,3)20(17)19(28-14(2)25)12-22(18,23)4/h15-20,26-27H,5-12H2,1-4H3. The molecule has 4 saturated carbocycles. The highest BCUT2D eigenvalue weighted by Crippen LogP contribution is 2.68. The first-order valence-electron chi connectivity index (χ1n) is 11.1. The number of Topliss-reactive ketones (excluding diaryl/α,β-unsaturated/α-hetero) is 1. The zero-order chi connectivity index (χ0) is 20.5. The second-order valence-electron chi connectivity index (χ2n) is 10.7.